The molecule has 82 valence electrons. The van der Waals surface area contributed by atoms with Crippen molar-refractivity contribution in [2.45, 2.75) is 32.7 Å². The van der Waals surface area contributed by atoms with E-state index in [0.29, 0.717) is 0 Å². The van der Waals surface area contributed by atoms with Crippen LogP contribution in [-0.2, 0) is 4.79 Å². The number of rotatable bonds is 4. The SMILES string of the molecule is CC(CO)(CO)NC(=O)C1CC1(C)C. The minimum Gasteiger partial charge on any atom is -0.394 e. The van der Waals surface area contributed by atoms with Gasteiger partial charge >= 0.3 is 0 Å². The Kier molecular flexibility index (Phi) is 2.88. The third-order valence-electron chi connectivity index (χ3n) is 2.95. The molecule has 0 aromatic rings. The van der Waals surface area contributed by atoms with E-state index in [9.17, 15) is 4.79 Å². The molecule has 0 aliphatic heterocycles. The summed E-state index contributed by atoms with van der Waals surface area (Å²) in [6.45, 7) is 5.20. The van der Waals surface area contributed by atoms with Crippen LogP contribution >= 0.6 is 0 Å². The van der Waals surface area contributed by atoms with Crippen LogP contribution in [0, 0.1) is 11.3 Å². The Hall–Kier alpha value is -0.610. The predicted molar refractivity (Wildman–Crippen MR) is 52.6 cm³/mol. The summed E-state index contributed by atoms with van der Waals surface area (Å²) in [7, 11) is 0. The van der Waals surface area contributed by atoms with Gasteiger partial charge < -0.3 is 15.5 Å². The summed E-state index contributed by atoms with van der Waals surface area (Å²) in [6, 6.07) is 0. The van der Waals surface area contributed by atoms with Gasteiger partial charge in [0, 0.05) is 5.92 Å². The molecule has 1 atom stereocenters. The first-order valence-corrected chi connectivity index (χ1v) is 4.88. The van der Waals surface area contributed by atoms with Gasteiger partial charge in [0.05, 0.1) is 18.8 Å². The molecule has 0 aromatic carbocycles. The van der Waals surface area contributed by atoms with Crippen molar-refractivity contribution in [3.63, 3.8) is 0 Å². The third-order valence-corrected chi connectivity index (χ3v) is 2.95. The molecule has 4 heteroatoms. The van der Waals surface area contributed by atoms with Crippen LogP contribution in [0.2, 0.25) is 0 Å². The van der Waals surface area contributed by atoms with E-state index in [1.807, 2.05) is 13.8 Å². The summed E-state index contributed by atoms with van der Waals surface area (Å²) in [5.74, 6) is -0.0412. The summed E-state index contributed by atoms with van der Waals surface area (Å²) >= 11 is 0. The monoisotopic (exact) mass is 201 g/mol. The molecule has 1 fully saturated rings. The van der Waals surface area contributed by atoms with Crippen molar-refractivity contribution in [2.24, 2.45) is 11.3 Å². The molecule has 1 amide bonds. The fourth-order valence-electron chi connectivity index (χ4n) is 1.43. The highest BCUT2D eigenvalue weighted by atomic mass is 16.3. The molecular weight excluding hydrogens is 182 g/mol. The normalized spacial score (nSPS) is 24.5. The van der Waals surface area contributed by atoms with Crippen LogP contribution in [0.1, 0.15) is 27.2 Å². The maximum atomic E-state index is 11.6. The van der Waals surface area contributed by atoms with E-state index >= 15 is 0 Å². The van der Waals surface area contributed by atoms with Gasteiger partial charge in [-0.25, -0.2) is 0 Å². The van der Waals surface area contributed by atoms with Gasteiger partial charge in [0.1, 0.15) is 0 Å². The Morgan fingerprint density at radius 2 is 1.93 bits per heavy atom. The molecule has 3 N–H and O–H groups in total. The standard InChI is InChI=1S/C10H19NO3/c1-9(2)4-7(9)8(14)11-10(3,5-12)6-13/h7,12-13H,4-6H2,1-3H3,(H,11,14). The molecule has 0 aromatic heterocycles. The second-order valence-electron chi connectivity index (χ2n) is 5.11. The van der Waals surface area contributed by atoms with Crippen LogP contribution in [-0.4, -0.2) is 34.9 Å². The largest absolute Gasteiger partial charge is 0.394 e. The average Bonchev–Trinajstić information content (AvgIpc) is 2.75. The maximum absolute atomic E-state index is 11.6. The summed E-state index contributed by atoms with van der Waals surface area (Å²) in [5.41, 5.74) is -0.814. The smallest absolute Gasteiger partial charge is 0.224 e. The van der Waals surface area contributed by atoms with Gasteiger partial charge in [0.15, 0.2) is 0 Å². The van der Waals surface area contributed by atoms with E-state index < -0.39 is 5.54 Å². The minimum absolute atomic E-state index is 0.0277. The molecule has 0 saturated heterocycles. The van der Waals surface area contributed by atoms with E-state index in [1.54, 1.807) is 6.92 Å². The van der Waals surface area contributed by atoms with E-state index in [1.165, 1.54) is 0 Å². The third kappa shape index (κ3) is 2.25. The van der Waals surface area contributed by atoms with Gasteiger partial charge in [-0.05, 0) is 18.8 Å². The van der Waals surface area contributed by atoms with Crippen LogP contribution in [0.25, 0.3) is 0 Å². The lowest BCUT2D eigenvalue weighted by atomic mass is 10.0. The predicted octanol–water partition coefficient (Wildman–Crippen LogP) is -0.108. The van der Waals surface area contributed by atoms with Crippen LogP contribution < -0.4 is 5.32 Å². The number of amides is 1. The van der Waals surface area contributed by atoms with Crippen molar-refractivity contribution < 1.29 is 15.0 Å². The second kappa shape index (κ2) is 3.51. The molecule has 0 spiro atoms. The second-order valence-corrected chi connectivity index (χ2v) is 5.11. The zero-order valence-electron chi connectivity index (χ0n) is 9.00. The van der Waals surface area contributed by atoms with Gasteiger partial charge in [-0.2, -0.15) is 0 Å². The lowest BCUT2D eigenvalue weighted by Crippen LogP contribution is -2.52. The lowest BCUT2D eigenvalue weighted by molar-refractivity contribution is -0.126. The van der Waals surface area contributed by atoms with Crippen LogP contribution in [0.3, 0.4) is 0 Å². The quantitative estimate of drug-likeness (QED) is 0.594. The summed E-state index contributed by atoms with van der Waals surface area (Å²) in [4.78, 5) is 11.6. The van der Waals surface area contributed by atoms with Gasteiger partial charge in [-0.15, -0.1) is 0 Å². The highest BCUT2D eigenvalue weighted by molar-refractivity contribution is 5.83. The summed E-state index contributed by atoms with van der Waals surface area (Å²) < 4.78 is 0. The molecule has 1 aliphatic rings. The maximum Gasteiger partial charge on any atom is 0.224 e. The van der Waals surface area contributed by atoms with Gasteiger partial charge in [0.2, 0.25) is 5.91 Å². The van der Waals surface area contributed by atoms with Crippen molar-refractivity contribution >= 4 is 5.91 Å². The van der Waals surface area contributed by atoms with E-state index in [0.717, 1.165) is 6.42 Å². The van der Waals surface area contributed by atoms with Crippen molar-refractivity contribution in [3.05, 3.63) is 0 Å². The number of hydrogen-bond acceptors (Lipinski definition) is 3. The fraction of sp³-hybridized carbons (Fsp3) is 0.900. The summed E-state index contributed by atoms with van der Waals surface area (Å²) in [6.07, 6.45) is 0.881. The molecule has 1 aliphatic carbocycles. The van der Waals surface area contributed by atoms with Crippen molar-refractivity contribution in [3.8, 4) is 0 Å². The molecule has 4 nitrogen and oxygen atoms in total. The fourth-order valence-corrected chi connectivity index (χ4v) is 1.43. The first-order chi connectivity index (χ1) is 6.34. The van der Waals surface area contributed by atoms with Crippen LogP contribution in [0.4, 0.5) is 0 Å². The molecular formula is C10H19NO3. The topological polar surface area (TPSA) is 69.6 Å². The van der Waals surface area contributed by atoms with E-state index in [2.05, 4.69) is 5.32 Å². The lowest BCUT2D eigenvalue weighted by Gasteiger charge is -2.26. The molecule has 0 bridgehead atoms. The Bertz CT molecular complexity index is 234. The molecule has 0 radical (unpaired) electrons. The molecule has 14 heavy (non-hydrogen) atoms. The number of aliphatic hydroxyl groups is 2. The molecule has 0 heterocycles. The number of carbonyl (C=O) groups excluding carboxylic acids is 1. The Balaban J connectivity index is 2.49. The first-order valence-electron chi connectivity index (χ1n) is 4.88. The molecule has 1 saturated carbocycles. The van der Waals surface area contributed by atoms with E-state index in [4.69, 9.17) is 10.2 Å². The zero-order valence-corrected chi connectivity index (χ0v) is 9.00. The Morgan fingerprint density at radius 1 is 1.50 bits per heavy atom. The Labute approximate surface area is 84.3 Å². The zero-order chi connectivity index (χ0) is 11.0. The van der Waals surface area contributed by atoms with Gasteiger partial charge in [-0.1, -0.05) is 13.8 Å². The van der Waals surface area contributed by atoms with Crippen molar-refractivity contribution in [2.75, 3.05) is 13.2 Å². The van der Waals surface area contributed by atoms with Crippen molar-refractivity contribution in [1.82, 2.24) is 5.32 Å². The molecule has 1 unspecified atom stereocenters. The average molecular weight is 201 g/mol. The minimum atomic E-state index is -0.893. The molecule has 1 rings (SSSR count). The highest BCUT2D eigenvalue weighted by Crippen LogP contribution is 2.51. The number of hydrogen-bond donors (Lipinski definition) is 3. The number of carbonyl (C=O) groups is 1. The van der Waals surface area contributed by atoms with Crippen molar-refractivity contribution in [1.29, 1.82) is 0 Å². The highest BCUT2D eigenvalue weighted by Gasteiger charge is 2.51. The van der Waals surface area contributed by atoms with Crippen LogP contribution in [0.5, 0.6) is 0 Å². The van der Waals surface area contributed by atoms with Crippen LogP contribution in [0.15, 0.2) is 0 Å². The number of nitrogens with one attached hydrogen (secondary N) is 1. The Morgan fingerprint density at radius 3 is 2.21 bits per heavy atom. The van der Waals surface area contributed by atoms with E-state index in [-0.39, 0.29) is 30.5 Å². The first kappa shape index (κ1) is 11.5. The van der Waals surface area contributed by atoms with Gasteiger partial charge in [0.25, 0.3) is 0 Å². The number of aliphatic hydroxyl groups excluding tert-OH is 2. The van der Waals surface area contributed by atoms with Gasteiger partial charge in [-0.3, -0.25) is 4.79 Å². The summed E-state index contributed by atoms with van der Waals surface area (Å²) in [5, 5.41) is 20.7.